The number of carboxylic acids is 1. The number of benzene rings is 1. The van der Waals surface area contributed by atoms with Crippen LogP contribution < -0.4 is 21.1 Å². The largest absolute Gasteiger partial charge is 0.495 e. The number of rotatable bonds is 5. The number of hydrogen-bond acceptors (Lipinski definition) is 4. The first-order chi connectivity index (χ1) is 9.35. The van der Waals surface area contributed by atoms with E-state index in [9.17, 15) is 14.4 Å². The van der Waals surface area contributed by atoms with Gasteiger partial charge >= 0.3 is 12.0 Å². The number of aromatic carboxylic acids is 1. The first kappa shape index (κ1) is 15.3. The number of hydrogen-bond donors (Lipinski definition) is 4. The molecule has 0 spiro atoms. The standard InChI is InChI=1S/C12H15N3O5/c1-6(14-12(13)19)10(16)15-8-5-7(11(17)18)3-4-9(8)20-2/h3-6H,1-2H3,(H,15,16)(H,17,18)(H3,13,14,19). The second-order valence-electron chi connectivity index (χ2n) is 3.94. The summed E-state index contributed by atoms with van der Waals surface area (Å²) >= 11 is 0. The van der Waals surface area contributed by atoms with Gasteiger partial charge in [-0.15, -0.1) is 0 Å². The van der Waals surface area contributed by atoms with Gasteiger partial charge in [0.05, 0.1) is 18.4 Å². The Balaban J connectivity index is 2.94. The minimum absolute atomic E-state index is 0.00314. The van der Waals surface area contributed by atoms with Crippen molar-refractivity contribution in [1.29, 1.82) is 0 Å². The topological polar surface area (TPSA) is 131 Å². The Morgan fingerprint density at radius 1 is 1.35 bits per heavy atom. The van der Waals surface area contributed by atoms with Gasteiger partial charge in [-0.2, -0.15) is 0 Å². The number of amides is 3. The van der Waals surface area contributed by atoms with Gasteiger partial charge in [0, 0.05) is 0 Å². The summed E-state index contributed by atoms with van der Waals surface area (Å²) in [5, 5.41) is 13.6. The number of ether oxygens (including phenoxy) is 1. The molecule has 5 N–H and O–H groups in total. The first-order valence-electron chi connectivity index (χ1n) is 5.63. The molecule has 0 bridgehead atoms. The van der Waals surface area contributed by atoms with E-state index in [2.05, 4.69) is 10.6 Å². The predicted octanol–water partition coefficient (Wildman–Crippen LogP) is 0.389. The van der Waals surface area contributed by atoms with E-state index in [0.717, 1.165) is 0 Å². The lowest BCUT2D eigenvalue weighted by Gasteiger charge is -2.15. The normalized spacial score (nSPS) is 11.3. The lowest BCUT2D eigenvalue weighted by Crippen LogP contribution is -2.44. The third kappa shape index (κ3) is 3.87. The van der Waals surface area contributed by atoms with Crippen molar-refractivity contribution in [2.75, 3.05) is 12.4 Å². The molecule has 0 aliphatic rings. The number of carbonyl (C=O) groups excluding carboxylic acids is 2. The quantitative estimate of drug-likeness (QED) is 0.620. The molecule has 0 aliphatic carbocycles. The van der Waals surface area contributed by atoms with Crippen molar-refractivity contribution in [2.45, 2.75) is 13.0 Å². The highest BCUT2D eigenvalue weighted by atomic mass is 16.5. The summed E-state index contributed by atoms with van der Waals surface area (Å²) in [5.74, 6) is -1.38. The number of primary amides is 1. The van der Waals surface area contributed by atoms with Gasteiger partial charge in [-0.05, 0) is 25.1 Å². The SMILES string of the molecule is COc1ccc(C(=O)O)cc1NC(=O)C(C)NC(N)=O. The van der Waals surface area contributed by atoms with Crippen LogP contribution in [0.5, 0.6) is 5.75 Å². The molecule has 0 aromatic heterocycles. The van der Waals surface area contributed by atoms with Crippen molar-refractivity contribution < 1.29 is 24.2 Å². The summed E-state index contributed by atoms with van der Waals surface area (Å²) in [5.41, 5.74) is 5.10. The number of anilines is 1. The number of urea groups is 1. The highest BCUT2D eigenvalue weighted by molar-refractivity contribution is 5.99. The maximum Gasteiger partial charge on any atom is 0.335 e. The van der Waals surface area contributed by atoms with Crippen LogP contribution in [0.2, 0.25) is 0 Å². The van der Waals surface area contributed by atoms with E-state index in [1.54, 1.807) is 0 Å². The summed E-state index contributed by atoms with van der Waals surface area (Å²) < 4.78 is 5.02. The second kappa shape index (κ2) is 6.41. The highest BCUT2D eigenvalue weighted by Gasteiger charge is 2.17. The Morgan fingerprint density at radius 2 is 2.00 bits per heavy atom. The fourth-order valence-corrected chi connectivity index (χ4v) is 1.46. The molecule has 20 heavy (non-hydrogen) atoms. The van der Waals surface area contributed by atoms with Gasteiger partial charge in [0.1, 0.15) is 11.8 Å². The number of nitrogens with one attached hydrogen (secondary N) is 2. The van der Waals surface area contributed by atoms with Crippen molar-refractivity contribution in [1.82, 2.24) is 5.32 Å². The number of methoxy groups -OCH3 is 1. The number of nitrogens with two attached hydrogens (primary N) is 1. The summed E-state index contributed by atoms with van der Waals surface area (Å²) in [4.78, 5) is 33.4. The molecule has 108 valence electrons. The average Bonchev–Trinajstić information content (AvgIpc) is 2.37. The fraction of sp³-hybridized carbons (Fsp3) is 0.250. The highest BCUT2D eigenvalue weighted by Crippen LogP contribution is 2.25. The minimum atomic E-state index is -1.13. The Bertz CT molecular complexity index is 544. The minimum Gasteiger partial charge on any atom is -0.495 e. The van der Waals surface area contributed by atoms with Crippen molar-refractivity contribution >= 4 is 23.6 Å². The van der Waals surface area contributed by atoms with Crippen LogP contribution in [0.1, 0.15) is 17.3 Å². The van der Waals surface area contributed by atoms with Crippen LogP contribution >= 0.6 is 0 Å². The predicted molar refractivity (Wildman–Crippen MR) is 70.8 cm³/mol. The van der Waals surface area contributed by atoms with E-state index in [4.69, 9.17) is 15.6 Å². The lowest BCUT2D eigenvalue weighted by molar-refractivity contribution is -0.117. The maximum atomic E-state index is 11.8. The van der Waals surface area contributed by atoms with E-state index in [0.29, 0.717) is 5.75 Å². The Hall–Kier alpha value is -2.77. The van der Waals surface area contributed by atoms with Crippen LogP contribution in [0.15, 0.2) is 18.2 Å². The summed E-state index contributed by atoms with van der Waals surface area (Å²) in [6, 6.07) is 2.33. The van der Waals surface area contributed by atoms with Crippen molar-refractivity contribution in [3.63, 3.8) is 0 Å². The zero-order valence-corrected chi connectivity index (χ0v) is 11.0. The van der Waals surface area contributed by atoms with E-state index < -0.39 is 23.9 Å². The van der Waals surface area contributed by atoms with Crippen LogP contribution in [0.25, 0.3) is 0 Å². The third-order valence-electron chi connectivity index (χ3n) is 2.46. The molecule has 8 heteroatoms. The Kier molecular flexibility index (Phi) is 4.90. The molecular formula is C12H15N3O5. The second-order valence-corrected chi connectivity index (χ2v) is 3.94. The van der Waals surface area contributed by atoms with Crippen molar-refractivity contribution in [3.05, 3.63) is 23.8 Å². The van der Waals surface area contributed by atoms with Crippen LogP contribution in [0, 0.1) is 0 Å². The summed E-state index contributed by atoms with van der Waals surface area (Å²) in [6.07, 6.45) is 0. The molecule has 0 radical (unpaired) electrons. The van der Waals surface area contributed by atoms with E-state index in [-0.39, 0.29) is 11.3 Å². The molecule has 1 aromatic carbocycles. The molecule has 1 atom stereocenters. The van der Waals surface area contributed by atoms with Gasteiger partial charge in [-0.3, -0.25) is 4.79 Å². The number of carboxylic acid groups (broad SMARTS) is 1. The van der Waals surface area contributed by atoms with Gasteiger partial charge in [-0.1, -0.05) is 0 Å². The van der Waals surface area contributed by atoms with E-state index in [1.165, 1.54) is 32.2 Å². The van der Waals surface area contributed by atoms with Gasteiger partial charge in [0.25, 0.3) is 0 Å². The van der Waals surface area contributed by atoms with E-state index in [1.807, 2.05) is 0 Å². The van der Waals surface area contributed by atoms with Crippen molar-refractivity contribution in [2.24, 2.45) is 5.73 Å². The summed E-state index contributed by atoms with van der Waals surface area (Å²) in [7, 11) is 1.39. The Morgan fingerprint density at radius 3 is 2.50 bits per heavy atom. The summed E-state index contributed by atoms with van der Waals surface area (Å²) in [6.45, 7) is 1.44. The van der Waals surface area contributed by atoms with Gasteiger partial charge in [0.2, 0.25) is 5.91 Å². The molecule has 0 aliphatic heterocycles. The fourth-order valence-electron chi connectivity index (χ4n) is 1.46. The first-order valence-corrected chi connectivity index (χ1v) is 5.63. The third-order valence-corrected chi connectivity index (χ3v) is 2.46. The molecule has 3 amide bonds. The molecule has 0 saturated carbocycles. The van der Waals surface area contributed by atoms with E-state index >= 15 is 0 Å². The Labute approximate surface area is 114 Å². The zero-order valence-electron chi connectivity index (χ0n) is 11.0. The smallest absolute Gasteiger partial charge is 0.335 e. The average molecular weight is 281 g/mol. The lowest BCUT2D eigenvalue weighted by atomic mass is 10.1. The van der Waals surface area contributed by atoms with Gasteiger partial charge in [0.15, 0.2) is 0 Å². The monoisotopic (exact) mass is 281 g/mol. The molecule has 0 saturated heterocycles. The molecule has 1 rings (SSSR count). The zero-order chi connectivity index (χ0) is 15.3. The molecule has 1 aromatic rings. The maximum absolute atomic E-state index is 11.8. The van der Waals surface area contributed by atoms with Gasteiger partial charge in [-0.25, -0.2) is 9.59 Å². The van der Waals surface area contributed by atoms with Gasteiger partial charge < -0.3 is 26.2 Å². The molecule has 0 heterocycles. The molecule has 1 unspecified atom stereocenters. The van der Waals surface area contributed by atoms with Crippen LogP contribution in [0.3, 0.4) is 0 Å². The number of carbonyl (C=O) groups is 3. The van der Waals surface area contributed by atoms with Crippen LogP contribution in [0.4, 0.5) is 10.5 Å². The molecule has 0 fully saturated rings. The van der Waals surface area contributed by atoms with Crippen LogP contribution in [-0.4, -0.2) is 36.2 Å². The molecular weight excluding hydrogens is 266 g/mol. The van der Waals surface area contributed by atoms with Crippen molar-refractivity contribution in [3.8, 4) is 5.75 Å². The van der Waals surface area contributed by atoms with Crippen LogP contribution in [-0.2, 0) is 4.79 Å². The molecule has 8 nitrogen and oxygen atoms in total.